The number of carbonyl (C=O) groups excluding carboxylic acids is 1. The number of pyridine rings is 1. The number of fused-ring (bicyclic) bond motifs is 2. The predicted octanol–water partition coefficient (Wildman–Crippen LogP) is 5.07. The number of para-hydroxylation sites is 1. The van der Waals surface area contributed by atoms with E-state index >= 15 is 0 Å². The van der Waals surface area contributed by atoms with Crippen LogP contribution in [0.2, 0.25) is 0 Å². The zero-order valence-electron chi connectivity index (χ0n) is 15.9. The lowest BCUT2D eigenvalue weighted by molar-refractivity contribution is 0.0601. The van der Waals surface area contributed by atoms with Crippen LogP contribution in [0.3, 0.4) is 0 Å². The van der Waals surface area contributed by atoms with Gasteiger partial charge in [0.05, 0.1) is 34.9 Å². The first-order valence-electron chi connectivity index (χ1n) is 9.25. The van der Waals surface area contributed by atoms with Crippen molar-refractivity contribution in [3.8, 4) is 0 Å². The molecule has 2 aromatic heterocycles. The van der Waals surface area contributed by atoms with E-state index in [9.17, 15) is 4.79 Å². The van der Waals surface area contributed by atoms with Gasteiger partial charge in [-0.25, -0.2) is 9.78 Å². The van der Waals surface area contributed by atoms with E-state index in [4.69, 9.17) is 14.7 Å². The predicted molar refractivity (Wildman–Crippen MR) is 113 cm³/mol. The van der Waals surface area contributed by atoms with Crippen LogP contribution in [-0.4, -0.2) is 27.6 Å². The van der Waals surface area contributed by atoms with E-state index in [0.29, 0.717) is 5.56 Å². The second-order valence-electron chi connectivity index (χ2n) is 6.53. The van der Waals surface area contributed by atoms with Gasteiger partial charge in [0.25, 0.3) is 0 Å². The van der Waals surface area contributed by atoms with Crippen molar-refractivity contribution in [1.82, 2.24) is 14.5 Å². The lowest BCUT2D eigenvalue weighted by Gasteiger charge is -2.08. The summed E-state index contributed by atoms with van der Waals surface area (Å²) in [5.74, 6) is 0.405. The fraction of sp³-hybridized carbons (Fsp3) is 0.227. The van der Waals surface area contributed by atoms with Gasteiger partial charge < -0.3 is 9.30 Å². The largest absolute Gasteiger partial charge is 0.465 e. The van der Waals surface area contributed by atoms with Crippen LogP contribution in [0.1, 0.15) is 29.4 Å². The summed E-state index contributed by atoms with van der Waals surface area (Å²) in [7, 11) is 1.40. The molecule has 0 fully saturated rings. The summed E-state index contributed by atoms with van der Waals surface area (Å²) in [5, 5.41) is 2.08. The molecule has 0 saturated carbocycles. The summed E-state index contributed by atoms with van der Waals surface area (Å²) in [6.45, 7) is 2.98. The number of esters is 1. The van der Waals surface area contributed by atoms with E-state index in [2.05, 4.69) is 29.7 Å². The molecule has 0 N–H and O–H groups in total. The highest BCUT2D eigenvalue weighted by Crippen LogP contribution is 2.28. The maximum absolute atomic E-state index is 11.9. The van der Waals surface area contributed by atoms with Crippen molar-refractivity contribution < 1.29 is 9.53 Å². The van der Waals surface area contributed by atoms with Crippen molar-refractivity contribution in [2.24, 2.45) is 0 Å². The molecule has 0 radical (unpaired) electrons. The highest BCUT2D eigenvalue weighted by atomic mass is 32.2. The van der Waals surface area contributed by atoms with Crippen molar-refractivity contribution in [2.45, 2.75) is 30.8 Å². The molecule has 0 aliphatic heterocycles. The number of ether oxygens (including phenoxy) is 1. The third kappa shape index (κ3) is 3.60. The number of hydrogen-bond acceptors (Lipinski definition) is 5. The van der Waals surface area contributed by atoms with Crippen molar-refractivity contribution in [3.05, 3.63) is 65.9 Å². The molecule has 0 atom stereocenters. The summed E-state index contributed by atoms with van der Waals surface area (Å²) in [4.78, 5) is 21.4. The second-order valence-corrected chi connectivity index (χ2v) is 7.47. The molecule has 2 aromatic carbocycles. The third-order valence-electron chi connectivity index (χ3n) is 4.59. The molecule has 4 rings (SSSR count). The maximum Gasteiger partial charge on any atom is 0.337 e. The van der Waals surface area contributed by atoms with Crippen LogP contribution in [-0.2, 0) is 17.0 Å². The number of rotatable bonds is 6. The number of aromatic nitrogens is 3. The Bertz CT molecular complexity index is 1150. The molecule has 0 unspecified atom stereocenters. The zero-order valence-corrected chi connectivity index (χ0v) is 16.7. The fourth-order valence-corrected chi connectivity index (χ4v) is 4.17. The molecule has 4 aromatic rings. The van der Waals surface area contributed by atoms with Crippen LogP contribution in [0.5, 0.6) is 0 Å². The molecular weight excluding hydrogens is 370 g/mol. The van der Waals surface area contributed by atoms with Gasteiger partial charge in [-0.15, -0.1) is 0 Å². The van der Waals surface area contributed by atoms with E-state index in [-0.39, 0.29) is 5.97 Å². The molecule has 142 valence electrons. The number of imidazole rings is 1. The molecule has 5 nitrogen and oxygen atoms in total. The first-order chi connectivity index (χ1) is 13.7. The average Bonchev–Trinajstić information content (AvgIpc) is 3.08. The van der Waals surface area contributed by atoms with E-state index in [1.807, 2.05) is 30.3 Å². The van der Waals surface area contributed by atoms with Crippen molar-refractivity contribution in [1.29, 1.82) is 0 Å². The Labute approximate surface area is 167 Å². The summed E-state index contributed by atoms with van der Waals surface area (Å²) < 4.78 is 7.02. The maximum atomic E-state index is 11.9. The van der Waals surface area contributed by atoms with Gasteiger partial charge in [-0.3, -0.25) is 4.98 Å². The third-order valence-corrected chi connectivity index (χ3v) is 5.60. The SMILES string of the molecule is CCCn1c(SCc2ccc3ccccc3n2)nc2ccc(C(=O)OC)cc21. The number of methoxy groups -OCH3 is 1. The quantitative estimate of drug-likeness (QED) is 0.339. The lowest BCUT2D eigenvalue weighted by Crippen LogP contribution is -2.03. The van der Waals surface area contributed by atoms with Gasteiger partial charge >= 0.3 is 5.97 Å². The normalized spacial score (nSPS) is 11.2. The molecule has 6 heteroatoms. The van der Waals surface area contributed by atoms with Crippen molar-refractivity contribution in [3.63, 3.8) is 0 Å². The van der Waals surface area contributed by atoms with Gasteiger partial charge in [0.1, 0.15) is 0 Å². The molecule has 2 heterocycles. The number of carbonyl (C=O) groups is 1. The fourth-order valence-electron chi connectivity index (χ4n) is 3.22. The Hall–Kier alpha value is -2.86. The van der Waals surface area contributed by atoms with E-state index in [1.165, 1.54) is 7.11 Å². The van der Waals surface area contributed by atoms with Crippen LogP contribution in [0.4, 0.5) is 0 Å². The molecule has 28 heavy (non-hydrogen) atoms. The van der Waals surface area contributed by atoms with E-state index in [1.54, 1.807) is 17.8 Å². The average molecular weight is 391 g/mol. The minimum absolute atomic E-state index is 0.333. The first-order valence-corrected chi connectivity index (χ1v) is 10.2. The van der Waals surface area contributed by atoms with Gasteiger partial charge in [-0.05, 0) is 36.8 Å². The highest BCUT2D eigenvalue weighted by Gasteiger charge is 2.14. The monoisotopic (exact) mass is 391 g/mol. The molecule has 0 aliphatic rings. The minimum atomic E-state index is -0.333. The second kappa shape index (κ2) is 8.02. The van der Waals surface area contributed by atoms with Crippen LogP contribution < -0.4 is 0 Å². The van der Waals surface area contributed by atoms with Gasteiger partial charge in [0, 0.05) is 17.7 Å². The molecule has 0 saturated heterocycles. The van der Waals surface area contributed by atoms with Crippen LogP contribution >= 0.6 is 11.8 Å². The van der Waals surface area contributed by atoms with Crippen molar-refractivity contribution >= 4 is 39.7 Å². The van der Waals surface area contributed by atoms with E-state index in [0.717, 1.165) is 51.5 Å². The first kappa shape index (κ1) is 18.5. The highest BCUT2D eigenvalue weighted by molar-refractivity contribution is 7.98. The Kier molecular flexibility index (Phi) is 5.30. The number of benzene rings is 2. The van der Waals surface area contributed by atoms with Gasteiger partial charge in [-0.2, -0.15) is 0 Å². The molecular formula is C22H21N3O2S. The zero-order chi connectivity index (χ0) is 19.5. The van der Waals surface area contributed by atoms with Crippen LogP contribution in [0, 0.1) is 0 Å². The van der Waals surface area contributed by atoms with Crippen molar-refractivity contribution in [2.75, 3.05) is 7.11 Å². The Morgan fingerprint density at radius 1 is 1.07 bits per heavy atom. The number of nitrogens with zero attached hydrogens (tertiary/aromatic N) is 3. The summed E-state index contributed by atoms with van der Waals surface area (Å²) >= 11 is 1.67. The number of aryl methyl sites for hydroxylation is 1. The van der Waals surface area contributed by atoms with Gasteiger partial charge in [-0.1, -0.05) is 43.0 Å². The molecule has 0 aliphatic carbocycles. The minimum Gasteiger partial charge on any atom is -0.465 e. The molecule has 0 spiro atoms. The molecule has 0 bridgehead atoms. The Morgan fingerprint density at radius 3 is 2.75 bits per heavy atom. The lowest BCUT2D eigenvalue weighted by atomic mass is 10.2. The topological polar surface area (TPSA) is 57.0 Å². The Morgan fingerprint density at radius 2 is 1.93 bits per heavy atom. The van der Waals surface area contributed by atoms with Gasteiger partial charge in [0.2, 0.25) is 0 Å². The summed E-state index contributed by atoms with van der Waals surface area (Å²) in [6, 6.07) is 17.8. The van der Waals surface area contributed by atoms with E-state index < -0.39 is 0 Å². The molecule has 0 amide bonds. The van der Waals surface area contributed by atoms with Crippen LogP contribution in [0.25, 0.3) is 21.9 Å². The summed E-state index contributed by atoms with van der Waals surface area (Å²) in [5.41, 5.74) is 4.41. The Balaban J connectivity index is 1.64. The standard InChI is InChI=1S/C22H21N3O2S/c1-3-12-25-20-13-16(21(26)27-2)9-11-19(20)24-22(25)28-14-17-10-8-15-6-4-5-7-18(15)23-17/h4-11,13H,3,12,14H2,1-2H3. The van der Waals surface area contributed by atoms with Gasteiger partial charge in [0.15, 0.2) is 5.16 Å². The number of thioether (sulfide) groups is 1. The number of hydrogen-bond donors (Lipinski definition) is 0. The summed E-state index contributed by atoms with van der Waals surface area (Å²) in [6.07, 6.45) is 0.982. The van der Waals surface area contributed by atoms with Crippen LogP contribution in [0.15, 0.2) is 59.8 Å². The smallest absolute Gasteiger partial charge is 0.337 e.